The number of halogens is 3. The number of hydrogen-bond acceptors (Lipinski definition) is 3. The number of nitrogens with zero attached hydrogens (tertiary/aromatic N) is 2. The van der Waals surface area contributed by atoms with Gasteiger partial charge in [-0.25, -0.2) is 4.39 Å². The largest absolute Gasteiger partial charge is 0.434 e. The van der Waals surface area contributed by atoms with Gasteiger partial charge in [-0.05, 0) is 53.1 Å². The lowest BCUT2D eigenvalue weighted by Crippen LogP contribution is -2.49. The maximum Gasteiger partial charge on any atom is 0.387 e. The molecule has 0 N–H and O–H groups in total. The van der Waals surface area contributed by atoms with Crippen LogP contribution in [-0.4, -0.2) is 43.6 Å². The predicted octanol–water partition coefficient (Wildman–Crippen LogP) is 6.98. The van der Waals surface area contributed by atoms with Crippen LogP contribution in [-0.2, 0) is 4.79 Å². The second-order valence-corrected chi connectivity index (χ2v) is 9.17. The molecule has 0 saturated carbocycles. The lowest BCUT2D eigenvalue weighted by molar-refractivity contribution is -0.125. The van der Waals surface area contributed by atoms with E-state index in [1.807, 2.05) is 54.6 Å². The number of hydrogen-bond donors (Lipinski definition) is 0. The van der Waals surface area contributed by atoms with Crippen molar-refractivity contribution in [1.29, 1.82) is 0 Å². The average molecular weight is 529 g/mol. The number of para-hydroxylation sites is 1. The van der Waals surface area contributed by atoms with E-state index >= 15 is 0 Å². The number of benzene rings is 4. The molecule has 4 aromatic carbocycles. The molecule has 0 unspecified atom stereocenters. The molecule has 39 heavy (non-hydrogen) atoms. The molecular weight excluding hydrogens is 501 g/mol. The SMILES string of the molecule is O=C(/C(=C/c1ccccc1OC(F)F)c1ccc(-c2ccccc2)cc1)N1CCN(c2ccc(F)cc2)CC1. The van der Waals surface area contributed by atoms with Crippen LogP contribution in [0.3, 0.4) is 0 Å². The molecule has 0 bridgehead atoms. The summed E-state index contributed by atoms with van der Waals surface area (Å²) in [6.07, 6.45) is 1.61. The van der Waals surface area contributed by atoms with Gasteiger partial charge in [-0.3, -0.25) is 4.79 Å². The Labute approximate surface area is 225 Å². The van der Waals surface area contributed by atoms with Crippen molar-refractivity contribution in [1.82, 2.24) is 4.90 Å². The first-order valence-corrected chi connectivity index (χ1v) is 12.7. The van der Waals surface area contributed by atoms with Gasteiger partial charge in [0, 0.05) is 43.0 Å². The van der Waals surface area contributed by atoms with Crippen LogP contribution in [0.1, 0.15) is 11.1 Å². The molecule has 5 rings (SSSR count). The van der Waals surface area contributed by atoms with Crippen LogP contribution in [0, 0.1) is 5.82 Å². The molecule has 1 amide bonds. The fourth-order valence-corrected chi connectivity index (χ4v) is 4.69. The first-order valence-electron chi connectivity index (χ1n) is 12.7. The maximum absolute atomic E-state index is 13.9. The average Bonchev–Trinajstić information content (AvgIpc) is 2.97. The molecule has 4 aromatic rings. The molecule has 1 aliphatic heterocycles. The van der Waals surface area contributed by atoms with Crippen LogP contribution >= 0.6 is 0 Å². The van der Waals surface area contributed by atoms with Crippen LogP contribution in [0.5, 0.6) is 5.75 Å². The summed E-state index contributed by atoms with van der Waals surface area (Å²) in [5, 5.41) is 0. The van der Waals surface area contributed by atoms with Crippen LogP contribution in [0.4, 0.5) is 18.9 Å². The fourth-order valence-electron chi connectivity index (χ4n) is 4.69. The van der Waals surface area contributed by atoms with Crippen LogP contribution in [0.2, 0.25) is 0 Å². The molecule has 1 fully saturated rings. The van der Waals surface area contributed by atoms with E-state index in [1.165, 1.54) is 18.2 Å². The molecular formula is C32H27F3N2O2. The van der Waals surface area contributed by atoms with E-state index in [9.17, 15) is 18.0 Å². The van der Waals surface area contributed by atoms with E-state index in [-0.39, 0.29) is 17.5 Å². The van der Waals surface area contributed by atoms with Gasteiger partial charge in [0.05, 0.1) is 0 Å². The Balaban J connectivity index is 1.44. The number of carbonyl (C=O) groups is 1. The predicted molar refractivity (Wildman–Crippen MR) is 148 cm³/mol. The smallest absolute Gasteiger partial charge is 0.387 e. The number of rotatable bonds is 7. The molecule has 0 atom stereocenters. The van der Waals surface area contributed by atoms with Gasteiger partial charge in [-0.15, -0.1) is 0 Å². The molecule has 0 radical (unpaired) electrons. The van der Waals surface area contributed by atoms with Crippen LogP contribution < -0.4 is 9.64 Å². The van der Waals surface area contributed by atoms with Gasteiger partial charge in [0.1, 0.15) is 11.6 Å². The third-order valence-corrected chi connectivity index (χ3v) is 6.73. The van der Waals surface area contributed by atoms with Crippen molar-refractivity contribution in [2.75, 3.05) is 31.1 Å². The lowest BCUT2D eigenvalue weighted by atomic mass is 9.97. The Kier molecular flexibility index (Phi) is 7.96. The lowest BCUT2D eigenvalue weighted by Gasteiger charge is -2.36. The molecule has 7 heteroatoms. The molecule has 1 saturated heterocycles. The zero-order valence-electron chi connectivity index (χ0n) is 21.1. The fraction of sp³-hybridized carbons (Fsp3) is 0.156. The first kappa shape index (κ1) is 26.1. The van der Waals surface area contributed by atoms with E-state index < -0.39 is 6.61 Å². The van der Waals surface area contributed by atoms with Crippen molar-refractivity contribution in [3.05, 3.63) is 120 Å². The van der Waals surface area contributed by atoms with Gasteiger partial charge in [-0.1, -0.05) is 72.8 Å². The number of amides is 1. The number of ether oxygens (including phenoxy) is 1. The third kappa shape index (κ3) is 6.32. The number of anilines is 1. The molecule has 4 nitrogen and oxygen atoms in total. The summed E-state index contributed by atoms with van der Waals surface area (Å²) in [6.45, 7) is -0.885. The van der Waals surface area contributed by atoms with E-state index in [0.717, 1.165) is 16.8 Å². The Bertz CT molecular complexity index is 1430. The minimum atomic E-state index is -2.98. The van der Waals surface area contributed by atoms with Crippen molar-refractivity contribution in [3.8, 4) is 16.9 Å². The summed E-state index contributed by atoms with van der Waals surface area (Å²) in [6, 6.07) is 30.3. The van der Waals surface area contributed by atoms with Gasteiger partial charge in [-0.2, -0.15) is 8.78 Å². The van der Waals surface area contributed by atoms with E-state index in [0.29, 0.717) is 42.9 Å². The standard InChI is InChI=1S/C32H27F3N2O2/c33-27-14-16-28(17-15-27)36-18-20-37(21-19-36)31(38)29(22-26-8-4-5-9-30(26)39-32(34)35)25-12-10-24(11-13-25)23-6-2-1-3-7-23/h1-17,22,32H,18-21H2/b29-22+. The van der Waals surface area contributed by atoms with Crippen LogP contribution in [0.15, 0.2) is 103 Å². The summed E-state index contributed by atoms with van der Waals surface area (Å²) in [5.74, 6) is -0.496. The minimum Gasteiger partial charge on any atom is -0.434 e. The number of alkyl halides is 2. The van der Waals surface area contributed by atoms with Gasteiger partial charge in [0.25, 0.3) is 5.91 Å². The quantitative estimate of drug-likeness (QED) is 0.192. The van der Waals surface area contributed by atoms with E-state index in [1.54, 1.807) is 41.3 Å². The minimum absolute atomic E-state index is 0.000153. The highest BCUT2D eigenvalue weighted by molar-refractivity contribution is 6.24. The van der Waals surface area contributed by atoms with Crippen molar-refractivity contribution >= 4 is 23.2 Å². The molecule has 0 aliphatic carbocycles. The van der Waals surface area contributed by atoms with Crippen molar-refractivity contribution in [2.45, 2.75) is 6.61 Å². The summed E-state index contributed by atoms with van der Waals surface area (Å²) < 4.78 is 44.2. The number of carbonyl (C=O) groups excluding carboxylic acids is 1. The normalized spacial score (nSPS) is 14.0. The highest BCUT2D eigenvalue weighted by Gasteiger charge is 2.25. The van der Waals surface area contributed by atoms with Crippen molar-refractivity contribution in [3.63, 3.8) is 0 Å². The molecule has 0 aromatic heterocycles. The molecule has 0 spiro atoms. The van der Waals surface area contributed by atoms with Gasteiger partial charge in [0.2, 0.25) is 0 Å². The highest BCUT2D eigenvalue weighted by Crippen LogP contribution is 2.30. The van der Waals surface area contributed by atoms with Gasteiger partial charge < -0.3 is 14.5 Å². The van der Waals surface area contributed by atoms with Crippen LogP contribution in [0.25, 0.3) is 22.8 Å². The molecule has 1 aliphatic rings. The Morgan fingerprint density at radius 2 is 1.36 bits per heavy atom. The maximum atomic E-state index is 13.9. The zero-order chi connectivity index (χ0) is 27.2. The van der Waals surface area contributed by atoms with Gasteiger partial charge >= 0.3 is 6.61 Å². The summed E-state index contributed by atoms with van der Waals surface area (Å²) in [7, 11) is 0. The van der Waals surface area contributed by atoms with Crippen molar-refractivity contribution < 1.29 is 22.7 Å². The summed E-state index contributed by atoms with van der Waals surface area (Å²) in [4.78, 5) is 17.7. The topological polar surface area (TPSA) is 32.8 Å². The summed E-state index contributed by atoms with van der Waals surface area (Å²) in [5.41, 5.74) is 4.39. The molecule has 198 valence electrons. The zero-order valence-corrected chi connectivity index (χ0v) is 21.1. The first-order chi connectivity index (χ1) is 19.0. The van der Waals surface area contributed by atoms with E-state index in [2.05, 4.69) is 4.90 Å². The second-order valence-electron chi connectivity index (χ2n) is 9.17. The molecule has 1 heterocycles. The Morgan fingerprint density at radius 1 is 0.744 bits per heavy atom. The monoisotopic (exact) mass is 528 g/mol. The van der Waals surface area contributed by atoms with Crippen molar-refractivity contribution in [2.24, 2.45) is 0 Å². The van der Waals surface area contributed by atoms with E-state index in [4.69, 9.17) is 4.74 Å². The number of piperazine rings is 1. The Morgan fingerprint density at radius 3 is 2.03 bits per heavy atom. The third-order valence-electron chi connectivity index (χ3n) is 6.73. The highest BCUT2D eigenvalue weighted by atomic mass is 19.3. The Hall–Kier alpha value is -4.52. The summed E-state index contributed by atoms with van der Waals surface area (Å²) >= 11 is 0. The second kappa shape index (κ2) is 11.9. The van der Waals surface area contributed by atoms with Gasteiger partial charge in [0.15, 0.2) is 0 Å².